The van der Waals surface area contributed by atoms with E-state index in [4.69, 9.17) is 14.7 Å². The lowest BCUT2D eigenvalue weighted by molar-refractivity contribution is -0.0512. The van der Waals surface area contributed by atoms with Crippen molar-refractivity contribution in [3.05, 3.63) is 23.9 Å². The van der Waals surface area contributed by atoms with Gasteiger partial charge in [-0.3, -0.25) is 0 Å². The second-order valence-corrected chi connectivity index (χ2v) is 4.42. The molecule has 0 spiro atoms. The van der Waals surface area contributed by atoms with Crippen molar-refractivity contribution >= 4 is 5.82 Å². The van der Waals surface area contributed by atoms with Crippen molar-refractivity contribution in [1.29, 1.82) is 5.26 Å². The standard InChI is InChI=1S/C13H17N3O2/c1-10-7-16(8-12(18-10)9-17-2)13-11(6-14)4-3-5-15-13/h3-5,10,12H,7-9H2,1-2H3. The molecule has 0 aliphatic carbocycles. The predicted molar refractivity (Wildman–Crippen MR) is 67.4 cm³/mol. The molecular weight excluding hydrogens is 230 g/mol. The van der Waals surface area contributed by atoms with E-state index in [0.717, 1.165) is 12.4 Å². The monoisotopic (exact) mass is 247 g/mol. The molecule has 5 nitrogen and oxygen atoms in total. The molecule has 1 saturated heterocycles. The zero-order chi connectivity index (χ0) is 13.0. The van der Waals surface area contributed by atoms with Crippen LogP contribution >= 0.6 is 0 Å². The number of methoxy groups -OCH3 is 1. The zero-order valence-corrected chi connectivity index (χ0v) is 10.7. The average molecular weight is 247 g/mol. The summed E-state index contributed by atoms with van der Waals surface area (Å²) < 4.78 is 10.9. The molecule has 2 atom stereocenters. The highest BCUT2D eigenvalue weighted by atomic mass is 16.5. The van der Waals surface area contributed by atoms with Gasteiger partial charge in [0.2, 0.25) is 0 Å². The summed E-state index contributed by atoms with van der Waals surface area (Å²) in [7, 11) is 1.66. The van der Waals surface area contributed by atoms with Crippen LogP contribution in [0.3, 0.4) is 0 Å². The van der Waals surface area contributed by atoms with Crippen LogP contribution in [0.4, 0.5) is 5.82 Å². The molecule has 0 bridgehead atoms. The Bertz CT molecular complexity index is 444. The third-order valence-electron chi connectivity index (χ3n) is 2.89. The molecule has 1 fully saturated rings. The summed E-state index contributed by atoms with van der Waals surface area (Å²) in [6, 6.07) is 5.74. The Kier molecular flexibility index (Phi) is 4.13. The van der Waals surface area contributed by atoms with Crippen LogP contribution in [0.2, 0.25) is 0 Å². The minimum Gasteiger partial charge on any atom is -0.382 e. The van der Waals surface area contributed by atoms with Gasteiger partial charge < -0.3 is 14.4 Å². The molecule has 0 amide bonds. The molecule has 0 radical (unpaired) electrons. The Labute approximate surface area is 107 Å². The van der Waals surface area contributed by atoms with Crippen LogP contribution in [-0.4, -0.2) is 44.0 Å². The van der Waals surface area contributed by atoms with Gasteiger partial charge in [0.1, 0.15) is 11.9 Å². The second-order valence-electron chi connectivity index (χ2n) is 4.42. The summed E-state index contributed by atoms with van der Waals surface area (Å²) in [5.74, 6) is 0.733. The van der Waals surface area contributed by atoms with Crippen molar-refractivity contribution in [2.45, 2.75) is 19.1 Å². The van der Waals surface area contributed by atoms with Crippen molar-refractivity contribution in [2.75, 3.05) is 31.7 Å². The number of nitriles is 1. The molecule has 5 heteroatoms. The molecule has 0 N–H and O–H groups in total. The maximum absolute atomic E-state index is 9.11. The Hall–Kier alpha value is -1.64. The smallest absolute Gasteiger partial charge is 0.146 e. The molecule has 2 rings (SSSR count). The molecule has 96 valence electrons. The van der Waals surface area contributed by atoms with Crippen LogP contribution < -0.4 is 4.90 Å². The molecule has 2 unspecified atom stereocenters. The number of ether oxygens (including phenoxy) is 2. The molecule has 0 aromatic carbocycles. The Morgan fingerprint density at radius 1 is 1.61 bits per heavy atom. The normalized spacial score (nSPS) is 23.7. The summed E-state index contributed by atoms with van der Waals surface area (Å²) in [4.78, 5) is 6.40. The van der Waals surface area contributed by atoms with Crippen LogP contribution in [0.25, 0.3) is 0 Å². The molecule has 18 heavy (non-hydrogen) atoms. The van der Waals surface area contributed by atoms with Gasteiger partial charge in [-0.2, -0.15) is 5.26 Å². The molecular formula is C13H17N3O2. The fraction of sp³-hybridized carbons (Fsp3) is 0.538. The van der Waals surface area contributed by atoms with Gasteiger partial charge in [-0.25, -0.2) is 4.98 Å². The minimum absolute atomic E-state index is 0.0206. The molecule has 2 heterocycles. The lowest BCUT2D eigenvalue weighted by Crippen LogP contribution is -2.48. The van der Waals surface area contributed by atoms with E-state index in [1.807, 2.05) is 6.92 Å². The third kappa shape index (κ3) is 2.78. The zero-order valence-electron chi connectivity index (χ0n) is 10.7. The Balaban J connectivity index is 2.19. The molecule has 1 aromatic rings. The number of pyridine rings is 1. The number of rotatable bonds is 3. The first-order valence-electron chi connectivity index (χ1n) is 5.99. The predicted octanol–water partition coefficient (Wildman–Crippen LogP) is 1.19. The van der Waals surface area contributed by atoms with Gasteiger partial charge in [-0.05, 0) is 19.1 Å². The van der Waals surface area contributed by atoms with Crippen molar-refractivity contribution < 1.29 is 9.47 Å². The number of anilines is 1. The maximum Gasteiger partial charge on any atom is 0.146 e. The van der Waals surface area contributed by atoms with Crippen LogP contribution in [0.15, 0.2) is 18.3 Å². The topological polar surface area (TPSA) is 58.4 Å². The molecule has 1 aromatic heterocycles. The summed E-state index contributed by atoms with van der Waals surface area (Å²) >= 11 is 0. The van der Waals surface area contributed by atoms with Crippen LogP contribution in [0.1, 0.15) is 12.5 Å². The van der Waals surface area contributed by atoms with Gasteiger partial charge in [-0.1, -0.05) is 0 Å². The van der Waals surface area contributed by atoms with E-state index in [1.54, 1.807) is 25.4 Å². The van der Waals surface area contributed by atoms with Crippen molar-refractivity contribution in [3.63, 3.8) is 0 Å². The quantitative estimate of drug-likeness (QED) is 0.803. The molecule has 1 aliphatic rings. The van der Waals surface area contributed by atoms with Gasteiger partial charge in [0.15, 0.2) is 0 Å². The highest BCUT2D eigenvalue weighted by molar-refractivity contribution is 5.53. The highest BCUT2D eigenvalue weighted by Crippen LogP contribution is 2.21. The largest absolute Gasteiger partial charge is 0.382 e. The van der Waals surface area contributed by atoms with Gasteiger partial charge in [0.25, 0.3) is 0 Å². The van der Waals surface area contributed by atoms with E-state index in [-0.39, 0.29) is 12.2 Å². The first-order chi connectivity index (χ1) is 8.74. The van der Waals surface area contributed by atoms with Crippen LogP contribution in [0, 0.1) is 11.3 Å². The number of hydrogen-bond acceptors (Lipinski definition) is 5. The van der Waals surface area contributed by atoms with E-state index in [2.05, 4.69) is 16.0 Å². The van der Waals surface area contributed by atoms with Crippen LogP contribution in [0.5, 0.6) is 0 Å². The fourth-order valence-electron chi connectivity index (χ4n) is 2.23. The lowest BCUT2D eigenvalue weighted by Gasteiger charge is -2.37. The Morgan fingerprint density at radius 3 is 3.17 bits per heavy atom. The third-order valence-corrected chi connectivity index (χ3v) is 2.89. The van der Waals surface area contributed by atoms with Gasteiger partial charge in [0.05, 0.1) is 24.4 Å². The van der Waals surface area contributed by atoms with E-state index < -0.39 is 0 Å². The van der Waals surface area contributed by atoms with Gasteiger partial charge >= 0.3 is 0 Å². The maximum atomic E-state index is 9.11. The number of hydrogen-bond donors (Lipinski definition) is 0. The summed E-state index contributed by atoms with van der Waals surface area (Å²) in [5.41, 5.74) is 0.600. The van der Waals surface area contributed by atoms with Gasteiger partial charge in [0, 0.05) is 26.4 Å². The minimum atomic E-state index is 0.0206. The summed E-state index contributed by atoms with van der Waals surface area (Å²) in [5, 5.41) is 9.11. The van der Waals surface area contributed by atoms with Crippen LogP contribution in [-0.2, 0) is 9.47 Å². The summed E-state index contributed by atoms with van der Waals surface area (Å²) in [6.07, 6.45) is 1.83. The molecule has 0 saturated carbocycles. The lowest BCUT2D eigenvalue weighted by atomic mass is 10.2. The first-order valence-corrected chi connectivity index (χ1v) is 5.99. The second kappa shape index (κ2) is 5.80. The van der Waals surface area contributed by atoms with Crippen molar-refractivity contribution in [2.24, 2.45) is 0 Å². The van der Waals surface area contributed by atoms with E-state index in [0.29, 0.717) is 18.7 Å². The fourth-order valence-corrected chi connectivity index (χ4v) is 2.23. The average Bonchev–Trinajstić information content (AvgIpc) is 2.38. The highest BCUT2D eigenvalue weighted by Gasteiger charge is 2.27. The summed E-state index contributed by atoms with van der Waals surface area (Å²) in [6.45, 7) is 4.01. The van der Waals surface area contributed by atoms with Crippen molar-refractivity contribution in [1.82, 2.24) is 4.98 Å². The first kappa shape index (κ1) is 12.8. The van der Waals surface area contributed by atoms with Crippen molar-refractivity contribution in [3.8, 4) is 6.07 Å². The SMILES string of the molecule is COCC1CN(c2ncccc2C#N)CC(C)O1. The molecule has 1 aliphatic heterocycles. The van der Waals surface area contributed by atoms with E-state index >= 15 is 0 Å². The number of nitrogens with zero attached hydrogens (tertiary/aromatic N) is 3. The number of morpholine rings is 1. The Morgan fingerprint density at radius 2 is 2.44 bits per heavy atom. The van der Waals surface area contributed by atoms with E-state index in [1.165, 1.54) is 0 Å². The van der Waals surface area contributed by atoms with Gasteiger partial charge in [-0.15, -0.1) is 0 Å². The number of aromatic nitrogens is 1. The van der Waals surface area contributed by atoms with E-state index in [9.17, 15) is 0 Å².